The second kappa shape index (κ2) is 9.70. The molecule has 0 aliphatic carbocycles. The molecule has 0 aliphatic rings. The van der Waals surface area contributed by atoms with E-state index in [9.17, 15) is 4.79 Å². The molecule has 1 heterocycles. The largest absolute Gasteiger partial charge is 0.496 e. The third-order valence-corrected chi connectivity index (χ3v) is 4.70. The van der Waals surface area contributed by atoms with Crippen LogP contribution in [0.25, 0.3) is 11.1 Å². The van der Waals surface area contributed by atoms with Crippen molar-refractivity contribution in [3.63, 3.8) is 0 Å². The van der Waals surface area contributed by atoms with Crippen LogP contribution in [0, 0.1) is 0 Å². The van der Waals surface area contributed by atoms with Gasteiger partial charge in [-0.05, 0) is 42.3 Å². The Kier molecular flexibility index (Phi) is 6.79. The summed E-state index contributed by atoms with van der Waals surface area (Å²) in [7, 11) is 1.67. The number of benzene rings is 2. The van der Waals surface area contributed by atoms with E-state index in [4.69, 9.17) is 4.74 Å². The molecule has 28 heavy (non-hydrogen) atoms. The average molecular weight is 374 g/mol. The molecule has 3 aromatic rings. The Hall–Kier alpha value is -3.14. The highest BCUT2D eigenvalue weighted by molar-refractivity contribution is 5.94. The number of methoxy groups -OCH3 is 1. The minimum absolute atomic E-state index is 0.0330. The summed E-state index contributed by atoms with van der Waals surface area (Å²) in [4.78, 5) is 19.3. The quantitative estimate of drug-likeness (QED) is 0.544. The van der Waals surface area contributed by atoms with Gasteiger partial charge in [0, 0.05) is 23.9 Å². The van der Waals surface area contributed by atoms with Gasteiger partial charge in [-0.2, -0.15) is 0 Å². The van der Waals surface area contributed by atoms with Gasteiger partial charge >= 0.3 is 0 Å². The fraction of sp³-hybridized carbons (Fsp3) is 0.250. The molecule has 1 amide bonds. The van der Waals surface area contributed by atoms with E-state index in [0.717, 1.165) is 42.0 Å². The van der Waals surface area contributed by atoms with Crippen molar-refractivity contribution in [1.29, 1.82) is 0 Å². The van der Waals surface area contributed by atoms with Gasteiger partial charge in [0.15, 0.2) is 0 Å². The van der Waals surface area contributed by atoms with Gasteiger partial charge in [0.25, 0.3) is 5.91 Å². The molecule has 0 atom stereocenters. The van der Waals surface area contributed by atoms with Crippen LogP contribution < -0.4 is 4.74 Å². The molecule has 0 spiro atoms. The van der Waals surface area contributed by atoms with E-state index >= 15 is 0 Å². The topological polar surface area (TPSA) is 42.4 Å². The summed E-state index contributed by atoms with van der Waals surface area (Å²) in [5, 5.41) is 0. The SMILES string of the molecule is CCCCN(Cc1ccccn1)C(=O)c1ccc(-c2ccccc2OC)cc1. The molecule has 0 unspecified atom stereocenters. The van der Waals surface area contributed by atoms with Crippen LogP contribution in [-0.4, -0.2) is 29.4 Å². The molecule has 4 nitrogen and oxygen atoms in total. The van der Waals surface area contributed by atoms with Gasteiger partial charge in [-0.25, -0.2) is 0 Å². The second-order valence-corrected chi connectivity index (χ2v) is 6.68. The van der Waals surface area contributed by atoms with Crippen LogP contribution in [0.5, 0.6) is 5.75 Å². The number of hydrogen-bond acceptors (Lipinski definition) is 3. The first-order valence-corrected chi connectivity index (χ1v) is 9.65. The number of rotatable bonds is 8. The first-order chi connectivity index (χ1) is 13.7. The summed E-state index contributed by atoms with van der Waals surface area (Å²) in [5.74, 6) is 0.854. The molecular formula is C24H26N2O2. The standard InChI is InChI=1S/C24H26N2O2/c1-3-4-17-26(18-21-9-7-8-16-25-21)24(27)20-14-12-19(13-15-20)22-10-5-6-11-23(22)28-2/h5-16H,3-4,17-18H2,1-2H3. The van der Waals surface area contributed by atoms with Gasteiger partial charge in [0.2, 0.25) is 0 Å². The van der Waals surface area contributed by atoms with E-state index in [1.54, 1.807) is 13.3 Å². The predicted octanol–water partition coefficient (Wildman–Crippen LogP) is 5.20. The Labute approximate surface area is 166 Å². The average Bonchev–Trinajstić information content (AvgIpc) is 2.77. The van der Waals surface area contributed by atoms with Crippen molar-refractivity contribution in [3.05, 3.63) is 84.2 Å². The number of aromatic nitrogens is 1. The molecule has 0 saturated heterocycles. The third-order valence-electron chi connectivity index (χ3n) is 4.70. The van der Waals surface area contributed by atoms with Crippen molar-refractivity contribution in [1.82, 2.24) is 9.88 Å². The maximum atomic E-state index is 13.1. The lowest BCUT2D eigenvalue weighted by Crippen LogP contribution is -2.31. The summed E-state index contributed by atoms with van der Waals surface area (Å²) < 4.78 is 5.44. The first kappa shape index (κ1) is 19.6. The van der Waals surface area contributed by atoms with E-state index < -0.39 is 0 Å². The summed E-state index contributed by atoms with van der Waals surface area (Å²) in [6, 6.07) is 21.4. The van der Waals surface area contributed by atoms with Crippen molar-refractivity contribution in [2.75, 3.05) is 13.7 Å². The van der Waals surface area contributed by atoms with Gasteiger partial charge in [-0.15, -0.1) is 0 Å². The Morgan fingerprint density at radius 3 is 2.43 bits per heavy atom. The van der Waals surface area contributed by atoms with Crippen LogP contribution in [-0.2, 0) is 6.54 Å². The molecular weight excluding hydrogens is 348 g/mol. The number of ether oxygens (including phenoxy) is 1. The summed E-state index contributed by atoms with van der Waals surface area (Å²) in [6.45, 7) is 3.37. The molecule has 4 heteroatoms. The number of unbranched alkanes of at least 4 members (excludes halogenated alkanes) is 1. The summed E-state index contributed by atoms with van der Waals surface area (Å²) >= 11 is 0. The van der Waals surface area contributed by atoms with Crippen molar-refractivity contribution >= 4 is 5.91 Å². The highest BCUT2D eigenvalue weighted by Crippen LogP contribution is 2.29. The number of amides is 1. The molecule has 3 rings (SSSR count). The lowest BCUT2D eigenvalue weighted by Gasteiger charge is -2.22. The normalized spacial score (nSPS) is 10.5. The number of pyridine rings is 1. The number of carbonyl (C=O) groups is 1. The highest BCUT2D eigenvalue weighted by atomic mass is 16.5. The smallest absolute Gasteiger partial charge is 0.254 e. The van der Waals surface area contributed by atoms with Crippen molar-refractivity contribution in [3.8, 4) is 16.9 Å². The Morgan fingerprint density at radius 1 is 1.00 bits per heavy atom. The van der Waals surface area contributed by atoms with Crippen LogP contribution in [0.4, 0.5) is 0 Å². The van der Waals surface area contributed by atoms with Gasteiger partial charge in [0.1, 0.15) is 5.75 Å². The third kappa shape index (κ3) is 4.77. The van der Waals surface area contributed by atoms with Crippen LogP contribution >= 0.6 is 0 Å². The van der Waals surface area contributed by atoms with E-state index in [2.05, 4.69) is 11.9 Å². The zero-order chi connectivity index (χ0) is 19.8. The molecule has 0 fully saturated rings. The first-order valence-electron chi connectivity index (χ1n) is 9.65. The predicted molar refractivity (Wildman–Crippen MR) is 112 cm³/mol. The number of carbonyl (C=O) groups excluding carboxylic acids is 1. The molecule has 1 aromatic heterocycles. The fourth-order valence-electron chi connectivity index (χ4n) is 3.15. The van der Waals surface area contributed by atoms with Crippen molar-refractivity contribution in [2.45, 2.75) is 26.3 Å². The minimum atomic E-state index is 0.0330. The lowest BCUT2D eigenvalue weighted by molar-refractivity contribution is 0.0738. The molecule has 0 radical (unpaired) electrons. The summed E-state index contributed by atoms with van der Waals surface area (Å²) in [6.07, 6.45) is 3.77. The van der Waals surface area contributed by atoms with Gasteiger partial charge in [-0.1, -0.05) is 49.7 Å². The molecule has 144 valence electrons. The Balaban J connectivity index is 1.80. The number of para-hydroxylation sites is 1. The van der Waals surface area contributed by atoms with E-state index in [1.807, 2.05) is 71.6 Å². The zero-order valence-corrected chi connectivity index (χ0v) is 16.5. The number of nitrogens with zero attached hydrogens (tertiary/aromatic N) is 2. The van der Waals surface area contributed by atoms with E-state index in [1.165, 1.54) is 0 Å². The van der Waals surface area contributed by atoms with E-state index in [0.29, 0.717) is 12.1 Å². The minimum Gasteiger partial charge on any atom is -0.496 e. The van der Waals surface area contributed by atoms with Crippen molar-refractivity contribution in [2.24, 2.45) is 0 Å². The van der Waals surface area contributed by atoms with Gasteiger partial charge in [0.05, 0.1) is 19.3 Å². The van der Waals surface area contributed by atoms with Crippen LogP contribution in [0.15, 0.2) is 72.9 Å². The van der Waals surface area contributed by atoms with Gasteiger partial charge < -0.3 is 9.64 Å². The monoisotopic (exact) mass is 374 g/mol. The molecule has 0 N–H and O–H groups in total. The molecule has 0 bridgehead atoms. The Bertz CT molecular complexity index is 892. The molecule has 0 saturated carbocycles. The van der Waals surface area contributed by atoms with Crippen LogP contribution in [0.2, 0.25) is 0 Å². The zero-order valence-electron chi connectivity index (χ0n) is 16.5. The van der Waals surface area contributed by atoms with Crippen molar-refractivity contribution < 1.29 is 9.53 Å². The fourth-order valence-corrected chi connectivity index (χ4v) is 3.15. The second-order valence-electron chi connectivity index (χ2n) is 6.68. The number of hydrogen-bond donors (Lipinski definition) is 0. The molecule has 0 aliphatic heterocycles. The lowest BCUT2D eigenvalue weighted by atomic mass is 10.0. The van der Waals surface area contributed by atoms with Gasteiger partial charge in [-0.3, -0.25) is 9.78 Å². The maximum absolute atomic E-state index is 13.1. The van der Waals surface area contributed by atoms with Crippen LogP contribution in [0.1, 0.15) is 35.8 Å². The Morgan fingerprint density at radius 2 is 1.75 bits per heavy atom. The van der Waals surface area contributed by atoms with Crippen LogP contribution in [0.3, 0.4) is 0 Å². The maximum Gasteiger partial charge on any atom is 0.254 e. The molecule has 2 aromatic carbocycles. The summed E-state index contributed by atoms with van der Waals surface area (Å²) in [5.41, 5.74) is 3.63. The van der Waals surface area contributed by atoms with E-state index in [-0.39, 0.29) is 5.91 Å². The highest BCUT2D eigenvalue weighted by Gasteiger charge is 2.16.